The van der Waals surface area contributed by atoms with Crippen molar-refractivity contribution in [2.24, 2.45) is 0 Å². The maximum absolute atomic E-state index is 11.6. The zero-order valence-corrected chi connectivity index (χ0v) is 9.60. The molecule has 17 heavy (non-hydrogen) atoms. The van der Waals surface area contributed by atoms with Crippen LogP contribution in [0.1, 0.15) is 23.9 Å². The molecule has 0 bridgehead atoms. The van der Waals surface area contributed by atoms with E-state index in [9.17, 15) is 9.90 Å². The van der Waals surface area contributed by atoms with E-state index in [0.29, 0.717) is 24.2 Å². The Labute approximate surface area is 99.0 Å². The molecule has 88 valence electrons. The highest BCUT2D eigenvalue weighted by atomic mass is 16.3. The van der Waals surface area contributed by atoms with Crippen molar-refractivity contribution in [3.63, 3.8) is 0 Å². The fourth-order valence-corrected chi connectivity index (χ4v) is 1.72. The molecule has 2 rings (SSSR count). The quantitative estimate of drug-likeness (QED) is 0.842. The van der Waals surface area contributed by atoms with Gasteiger partial charge >= 0.3 is 0 Å². The molecule has 0 saturated carbocycles. The van der Waals surface area contributed by atoms with Crippen molar-refractivity contribution in [3.8, 4) is 5.88 Å². The molecule has 4 nitrogen and oxygen atoms in total. The normalized spacial score (nSPS) is 10.4. The van der Waals surface area contributed by atoms with Gasteiger partial charge in [0.25, 0.3) is 5.56 Å². The molecular formula is C13H14N2O2. The van der Waals surface area contributed by atoms with E-state index < -0.39 is 0 Å². The summed E-state index contributed by atoms with van der Waals surface area (Å²) in [5.74, 6) is 0.318. The third kappa shape index (κ3) is 2.53. The van der Waals surface area contributed by atoms with Crippen molar-refractivity contribution in [2.45, 2.75) is 19.8 Å². The van der Waals surface area contributed by atoms with E-state index in [0.717, 1.165) is 5.56 Å². The monoisotopic (exact) mass is 230 g/mol. The first-order valence-corrected chi connectivity index (χ1v) is 5.55. The van der Waals surface area contributed by atoms with Crippen LogP contribution in [0.15, 0.2) is 35.1 Å². The van der Waals surface area contributed by atoms with E-state index in [2.05, 4.69) is 9.97 Å². The van der Waals surface area contributed by atoms with E-state index in [4.69, 9.17) is 0 Å². The van der Waals surface area contributed by atoms with Crippen molar-refractivity contribution in [1.82, 2.24) is 9.97 Å². The van der Waals surface area contributed by atoms with E-state index in [1.54, 1.807) is 0 Å². The molecule has 0 radical (unpaired) electrons. The Morgan fingerprint density at radius 1 is 1.29 bits per heavy atom. The van der Waals surface area contributed by atoms with Gasteiger partial charge in [0.1, 0.15) is 5.82 Å². The second-order valence-electron chi connectivity index (χ2n) is 3.83. The summed E-state index contributed by atoms with van der Waals surface area (Å²) in [6.07, 6.45) is 0.980. The average molecular weight is 230 g/mol. The molecule has 1 aromatic heterocycles. The SMILES string of the molecule is CCc1c(O)nc(Cc2ccccc2)[nH]c1=O. The molecule has 0 aliphatic heterocycles. The van der Waals surface area contributed by atoms with Gasteiger partial charge in [-0.15, -0.1) is 0 Å². The number of hydrogen-bond acceptors (Lipinski definition) is 3. The van der Waals surface area contributed by atoms with Crippen LogP contribution in [0.3, 0.4) is 0 Å². The van der Waals surface area contributed by atoms with Crippen LogP contribution in [0, 0.1) is 0 Å². The van der Waals surface area contributed by atoms with Crippen molar-refractivity contribution >= 4 is 0 Å². The molecular weight excluding hydrogens is 216 g/mol. The summed E-state index contributed by atoms with van der Waals surface area (Å²) < 4.78 is 0. The molecule has 0 unspecified atom stereocenters. The van der Waals surface area contributed by atoms with Crippen LogP contribution in [-0.2, 0) is 12.8 Å². The van der Waals surface area contributed by atoms with Gasteiger partial charge < -0.3 is 10.1 Å². The summed E-state index contributed by atoms with van der Waals surface area (Å²) in [5.41, 5.74) is 1.12. The van der Waals surface area contributed by atoms with Gasteiger partial charge in [0.15, 0.2) is 0 Å². The highest BCUT2D eigenvalue weighted by Gasteiger charge is 2.08. The molecule has 0 atom stereocenters. The molecule has 0 saturated heterocycles. The van der Waals surface area contributed by atoms with E-state index in [1.165, 1.54) is 0 Å². The minimum Gasteiger partial charge on any atom is -0.493 e. The van der Waals surface area contributed by atoms with Gasteiger partial charge in [-0.25, -0.2) is 0 Å². The Hall–Kier alpha value is -2.10. The second-order valence-corrected chi connectivity index (χ2v) is 3.83. The predicted octanol–water partition coefficient (Wildman–Crippen LogP) is 1.63. The van der Waals surface area contributed by atoms with Gasteiger partial charge in [0.2, 0.25) is 5.88 Å². The number of nitrogens with one attached hydrogen (secondary N) is 1. The van der Waals surface area contributed by atoms with Gasteiger partial charge in [0.05, 0.1) is 5.56 Å². The number of nitrogens with zero attached hydrogens (tertiary/aromatic N) is 1. The molecule has 0 aliphatic carbocycles. The summed E-state index contributed by atoms with van der Waals surface area (Å²) in [5, 5.41) is 9.62. The largest absolute Gasteiger partial charge is 0.493 e. The first kappa shape index (κ1) is 11.4. The summed E-state index contributed by atoms with van der Waals surface area (Å²) in [6, 6.07) is 9.67. The van der Waals surface area contributed by atoms with Crippen molar-refractivity contribution in [1.29, 1.82) is 0 Å². The Morgan fingerprint density at radius 2 is 2.00 bits per heavy atom. The number of benzene rings is 1. The van der Waals surface area contributed by atoms with Crippen LogP contribution < -0.4 is 5.56 Å². The van der Waals surface area contributed by atoms with Gasteiger partial charge in [-0.2, -0.15) is 4.98 Å². The topological polar surface area (TPSA) is 66.0 Å². The third-order valence-electron chi connectivity index (χ3n) is 2.61. The lowest BCUT2D eigenvalue weighted by atomic mass is 10.1. The van der Waals surface area contributed by atoms with Crippen LogP contribution in [0.5, 0.6) is 5.88 Å². The number of rotatable bonds is 3. The van der Waals surface area contributed by atoms with Crippen molar-refractivity contribution in [2.75, 3.05) is 0 Å². The van der Waals surface area contributed by atoms with Gasteiger partial charge in [-0.05, 0) is 12.0 Å². The maximum Gasteiger partial charge on any atom is 0.257 e. The molecule has 4 heteroatoms. The minimum absolute atomic E-state index is 0.165. The second kappa shape index (κ2) is 4.82. The Balaban J connectivity index is 2.32. The minimum atomic E-state index is -0.258. The van der Waals surface area contributed by atoms with Crippen LogP contribution >= 0.6 is 0 Å². The zero-order valence-electron chi connectivity index (χ0n) is 9.60. The first-order chi connectivity index (χ1) is 8.20. The predicted molar refractivity (Wildman–Crippen MR) is 65.1 cm³/mol. The third-order valence-corrected chi connectivity index (χ3v) is 2.61. The number of hydrogen-bond donors (Lipinski definition) is 2. The maximum atomic E-state index is 11.6. The molecule has 1 heterocycles. The Bertz CT molecular complexity index is 561. The van der Waals surface area contributed by atoms with Gasteiger partial charge in [-0.3, -0.25) is 4.79 Å². The van der Waals surface area contributed by atoms with Crippen LogP contribution in [0.4, 0.5) is 0 Å². The van der Waals surface area contributed by atoms with E-state index in [1.807, 2.05) is 37.3 Å². The molecule has 2 aromatic rings. The van der Waals surface area contributed by atoms with Crippen molar-refractivity contribution < 1.29 is 5.11 Å². The summed E-state index contributed by atoms with van der Waals surface area (Å²) in [7, 11) is 0. The molecule has 0 aliphatic rings. The zero-order chi connectivity index (χ0) is 12.3. The molecule has 0 spiro atoms. The van der Waals surface area contributed by atoms with E-state index >= 15 is 0 Å². The molecule has 0 fully saturated rings. The summed E-state index contributed by atoms with van der Waals surface area (Å²) >= 11 is 0. The first-order valence-electron chi connectivity index (χ1n) is 5.55. The number of aromatic nitrogens is 2. The van der Waals surface area contributed by atoms with Gasteiger partial charge in [0, 0.05) is 6.42 Å². The lowest BCUT2D eigenvalue weighted by molar-refractivity contribution is 0.440. The number of aromatic hydroxyl groups is 1. The van der Waals surface area contributed by atoms with Crippen molar-refractivity contribution in [3.05, 3.63) is 57.6 Å². The highest BCUT2D eigenvalue weighted by molar-refractivity contribution is 5.25. The lowest BCUT2D eigenvalue weighted by Gasteiger charge is -2.04. The molecule has 2 N–H and O–H groups in total. The standard InChI is InChI=1S/C13H14N2O2/c1-2-10-12(16)14-11(15-13(10)17)8-9-6-4-3-5-7-9/h3-7H,2,8H2,1H3,(H2,14,15,16,17). The van der Waals surface area contributed by atoms with Crippen LogP contribution in [0.2, 0.25) is 0 Å². The number of aromatic amines is 1. The summed E-state index contributed by atoms with van der Waals surface area (Å²) in [4.78, 5) is 18.3. The summed E-state index contributed by atoms with van der Waals surface area (Å²) in [6.45, 7) is 1.81. The van der Waals surface area contributed by atoms with Crippen LogP contribution in [0.25, 0.3) is 0 Å². The Kier molecular flexibility index (Phi) is 3.23. The average Bonchev–Trinajstić information content (AvgIpc) is 2.30. The van der Waals surface area contributed by atoms with Gasteiger partial charge in [-0.1, -0.05) is 37.3 Å². The highest BCUT2D eigenvalue weighted by Crippen LogP contribution is 2.11. The van der Waals surface area contributed by atoms with Crippen LogP contribution in [-0.4, -0.2) is 15.1 Å². The fourth-order valence-electron chi connectivity index (χ4n) is 1.72. The smallest absolute Gasteiger partial charge is 0.257 e. The Morgan fingerprint density at radius 3 is 2.59 bits per heavy atom. The fraction of sp³-hybridized carbons (Fsp3) is 0.231. The molecule has 1 aromatic carbocycles. The lowest BCUT2D eigenvalue weighted by Crippen LogP contribution is -2.16. The number of H-pyrrole nitrogens is 1. The molecule has 0 amide bonds. The van der Waals surface area contributed by atoms with E-state index in [-0.39, 0.29) is 11.4 Å².